The molecule has 6 nitrogen and oxygen atoms in total. The molecule has 2 aromatic carbocycles. The maximum atomic E-state index is 13.2. The second-order valence-electron chi connectivity index (χ2n) is 9.64. The predicted octanol–water partition coefficient (Wildman–Crippen LogP) is 7.52. The summed E-state index contributed by atoms with van der Waals surface area (Å²) in [5, 5.41) is 13.9. The Balaban J connectivity index is 1.79. The minimum atomic E-state index is -4.98. The third-order valence-corrected chi connectivity index (χ3v) is 7.53. The number of ether oxygens (including phenoxy) is 1. The zero-order chi connectivity index (χ0) is 30.4. The van der Waals surface area contributed by atoms with Gasteiger partial charge in [-0.05, 0) is 80.4 Å². The molecule has 3 rings (SSSR count). The number of nitrogens with zero attached hydrogens (tertiary/aromatic N) is 2. The van der Waals surface area contributed by atoms with Gasteiger partial charge in [0, 0.05) is 5.92 Å². The maximum absolute atomic E-state index is 13.2. The van der Waals surface area contributed by atoms with E-state index in [1.165, 1.54) is 7.11 Å². The highest BCUT2D eigenvalue weighted by molar-refractivity contribution is 6.42. The molecule has 2 aromatic rings. The van der Waals surface area contributed by atoms with E-state index in [0.717, 1.165) is 0 Å². The van der Waals surface area contributed by atoms with Gasteiger partial charge in [-0.3, -0.25) is 4.79 Å². The molecule has 0 saturated carbocycles. The van der Waals surface area contributed by atoms with E-state index < -0.39 is 47.9 Å². The lowest BCUT2D eigenvalue weighted by molar-refractivity contribution is -0.144. The van der Waals surface area contributed by atoms with Crippen molar-refractivity contribution in [1.82, 2.24) is 4.90 Å². The molecule has 0 aliphatic carbocycles. The van der Waals surface area contributed by atoms with Crippen LogP contribution < -0.4 is 0 Å². The molecule has 1 aliphatic heterocycles. The summed E-state index contributed by atoms with van der Waals surface area (Å²) < 4.78 is 85.0. The molecule has 41 heavy (non-hydrogen) atoms. The van der Waals surface area contributed by atoms with Gasteiger partial charge in [-0.2, -0.15) is 26.3 Å². The van der Waals surface area contributed by atoms with Crippen molar-refractivity contribution in [3.8, 4) is 0 Å². The van der Waals surface area contributed by atoms with Gasteiger partial charge in [-0.1, -0.05) is 34.4 Å². The number of hydrogen-bond donors (Lipinski definition) is 1. The van der Waals surface area contributed by atoms with E-state index in [0.29, 0.717) is 67.3 Å². The SMILES string of the molecule is CO/N=C(\COCc1cc(C(F)(F)F)cc(C(F)(F)F)c1)C(CCN1CCC(C(=O)O)CC1)c1ccc(Cl)c(Cl)c1. The van der Waals surface area contributed by atoms with Crippen LogP contribution >= 0.6 is 23.2 Å². The number of aliphatic carboxylic acids is 1. The zero-order valence-corrected chi connectivity index (χ0v) is 23.4. The number of carbonyl (C=O) groups is 1. The van der Waals surface area contributed by atoms with E-state index in [-0.39, 0.29) is 23.3 Å². The first kappa shape index (κ1) is 33.0. The largest absolute Gasteiger partial charge is 0.481 e. The average Bonchev–Trinajstić information content (AvgIpc) is 2.89. The van der Waals surface area contributed by atoms with E-state index in [4.69, 9.17) is 32.8 Å². The third kappa shape index (κ3) is 9.49. The van der Waals surface area contributed by atoms with Gasteiger partial charge in [0.1, 0.15) is 7.11 Å². The van der Waals surface area contributed by atoms with Crippen molar-refractivity contribution in [2.24, 2.45) is 11.1 Å². The van der Waals surface area contributed by atoms with Crippen molar-refractivity contribution in [1.29, 1.82) is 0 Å². The molecule has 0 radical (unpaired) electrons. The zero-order valence-electron chi connectivity index (χ0n) is 21.9. The number of hydrogen-bond acceptors (Lipinski definition) is 5. The van der Waals surface area contributed by atoms with Crippen LogP contribution in [0.15, 0.2) is 41.6 Å². The van der Waals surface area contributed by atoms with Gasteiger partial charge in [-0.15, -0.1) is 0 Å². The van der Waals surface area contributed by atoms with Crippen molar-refractivity contribution in [2.75, 3.05) is 33.4 Å². The van der Waals surface area contributed by atoms with E-state index in [2.05, 4.69) is 10.1 Å². The van der Waals surface area contributed by atoms with Crippen LogP contribution in [0.5, 0.6) is 0 Å². The van der Waals surface area contributed by atoms with Crippen LogP contribution in [-0.2, 0) is 33.3 Å². The topological polar surface area (TPSA) is 71.4 Å². The van der Waals surface area contributed by atoms with E-state index >= 15 is 0 Å². The van der Waals surface area contributed by atoms with Crippen LogP contribution in [0.4, 0.5) is 26.3 Å². The minimum Gasteiger partial charge on any atom is -0.481 e. The first-order chi connectivity index (χ1) is 19.2. The molecular weight excluding hydrogens is 601 g/mol. The lowest BCUT2D eigenvalue weighted by Crippen LogP contribution is -2.37. The fourth-order valence-electron chi connectivity index (χ4n) is 4.65. The van der Waals surface area contributed by atoms with E-state index in [9.17, 15) is 36.2 Å². The number of carboxylic acids is 1. The number of rotatable bonds is 11. The molecule has 1 atom stereocenters. The summed E-state index contributed by atoms with van der Waals surface area (Å²) in [7, 11) is 1.30. The lowest BCUT2D eigenvalue weighted by Gasteiger charge is -2.31. The molecule has 0 amide bonds. The lowest BCUT2D eigenvalue weighted by atomic mass is 9.90. The second kappa shape index (κ2) is 14.1. The first-order valence-corrected chi connectivity index (χ1v) is 13.3. The second-order valence-corrected chi connectivity index (χ2v) is 10.5. The van der Waals surface area contributed by atoms with Crippen molar-refractivity contribution < 1.29 is 45.8 Å². The predicted molar refractivity (Wildman–Crippen MR) is 141 cm³/mol. The average molecular weight is 629 g/mol. The molecule has 0 spiro atoms. The van der Waals surface area contributed by atoms with Crippen LogP contribution in [0.1, 0.15) is 47.4 Å². The van der Waals surface area contributed by atoms with Crippen LogP contribution in [0.3, 0.4) is 0 Å². The Bertz CT molecular complexity index is 1200. The summed E-state index contributed by atoms with van der Waals surface area (Å²) in [6.45, 7) is 0.886. The molecular formula is C27H28Cl2F6N2O4. The normalized spacial score (nSPS) is 16.6. The molecule has 0 aromatic heterocycles. The highest BCUT2D eigenvalue weighted by atomic mass is 35.5. The number of oxime groups is 1. The van der Waals surface area contributed by atoms with Gasteiger partial charge >= 0.3 is 18.3 Å². The summed E-state index contributed by atoms with van der Waals surface area (Å²) in [5.41, 5.74) is -2.16. The summed E-state index contributed by atoms with van der Waals surface area (Å²) in [4.78, 5) is 18.4. The van der Waals surface area contributed by atoms with Gasteiger partial charge < -0.3 is 19.6 Å². The van der Waals surface area contributed by atoms with Gasteiger partial charge in [0.2, 0.25) is 0 Å². The standard InChI is InChI=1S/C27H28Cl2F6N2O4/c1-40-36-24(15-41-14-16-10-19(26(30,31)32)13-20(11-16)27(33,34)35)21(18-2-3-22(28)23(29)12-18)6-9-37-7-4-17(5-8-37)25(38)39/h2-3,10-13,17,21H,4-9,14-15H2,1H3,(H,38,39)/b36-24+. The fourth-order valence-corrected chi connectivity index (χ4v) is 4.96. The Kier molecular flexibility index (Phi) is 11.3. The Labute approximate surface area is 242 Å². The van der Waals surface area contributed by atoms with Gasteiger partial charge in [0.25, 0.3) is 0 Å². The van der Waals surface area contributed by atoms with Crippen LogP contribution in [0.25, 0.3) is 0 Å². The number of carboxylic acid groups (broad SMARTS) is 1. The van der Waals surface area contributed by atoms with Crippen molar-refractivity contribution in [2.45, 2.75) is 44.1 Å². The monoisotopic (exact) mass is 628 g/mol. The summed E-state index contributed by atoms with van der Waals surface area (Å²) in [6, 6.07) is 6.24. The minimum absolute atomic E-state index is 0.0564. The number of alkyl halides is 6. The Morgan fingerprint density at radius 3 is 2.15 bits per heavy atom. The molecule has 1 aliphatic rings. The molecule has 1 saturated heterocycles. The number of benzene rings is 2. The fraction of sp³-hybridized carbons (Fsp3) is 0.481. The first-order valence-electron chi connectivity index (χ1n) is 12.5. The molecule has 1 unspecified atom stereocenters. The molecule has 1 heterocycles. The highest BCUT2D eigenvalue weighted by Crippen LogP contribution is 2.37. The summed E-state index contributed by atoms with van der Waals surface area (Å²) in [5.74, 6) is -1.69. The molecule has 1 fully saturated rings. The quantitative estimate of drug-likeness (QED) is 0.158. The molecule has 0 bridgehead atoms. The van der Waals surface area contributed by atoms with Crippen LogP contribution in [-0.4, -0.2) is 55.0 Å². The van der Waals surface area contributed by atoms with Crippen LogP contribution in [0.2, 0.25) is 10.0 Å². The van der Waals surface area contributed by atoms with E-state index in [1.54, 1.807) is 18.2 Å². The summed E-state index contributed by atoms with van der Waals surface area (Å²) >= 11 is 12.3. The molecule has 1 N–H and O–H groups in total. The maximum Gasteiger partial charge on any atom is 0.416 e. The molecule has 14 heteroatoms. The highest BCUT2D eigenvalue weighted by Gasteiger charge is 2.37. The summed E-state index contributed by atoms with van der Waals surface area (Å²) in [6.07, 6.45) is -8.48. The van der Waals surface area contributed by atoms with E-state index in [1.807, 2.05) is 0 Å². The number of halogens is 8. The van der Waals surface area contributed by atoms with Gasteiger partial charge in [-0.25, -0.2) is 0 Å². The van der Waals surface area contributed by atoms with Crippen LogP contribution in [0, 0.1) is 5.92 Å². The van der Waals surface area contributed by atoms with Gasteiger partial charge in [0.15, 0.2) is 0 Å². The van der Waals surface area contributed by atoms with Crippen molar-refractivity contribution in [3.63, 3.8) is 0 Å². The third-order valence-electron chi connectivity index (χ3n) is 6.79. The Morgan fingerprint density at radius 1 is 1.02 bits per heavy atom. The van der Waals surface area contributed by atoms with Crippen molar-refractivity contribution >= 4 is 34.9 Å². The smallest absolute Gasteiger partial charge is 0.416 e. The van der Waals surface area contributed by atoms with Crippen molar-refractivity contribution in [3.05, 3.63) is 68.7 Å². The number of piperidine rings is 1. The van der Waals surface area contributed by atoms with Gasteiger partial charge in [0.05, 0.1) is 46.0 Å². The Morgan fingerprint density at radius 2 is 1.63 bits per heavy atom. The number of likely N-dealkylation sites (tertiary alicyclic amines) is 1. The molecule has 226 valence electrons. The Hall–Kier alpha value is -2.54.